The predicted octanol–water partition coefficient (Wildman–Crippen LogP) is 2.38. The maximum Gasteiger partial charge on any atom is 0.0773 e. The van der Waals surface area contributed by atoms with Crippen molar-refractivity contribution in [3.05, 3.63) is 52.8 Å². The van der Waals surface area contributed by atoms with Crippen molar-refractivity contribution in [2.75, 3.05) is 0 Å². The van der Waals surface area contributed by atoms with E-state index in [4.69, 9.17) is 18.0 Å². The quantitative estimate of drug-likeness (QED) is 0.857. The van der Waals surface area contributed by atoms with E-state index in [-0.39, 0.29) is 0 Å². The molecule has 2 N–H and O–H groups in total. The normalized spacial score (nSPS) is 10.6. The molecule has 0 saturated carbocycles. The molecule has 0 aliphatic heterocycles. The third-order valence-corrected chi connectivity index (χ3v) is 3.20. The van der Waals surface area contributed by atoms with Gasteiger partial charge < -0.3 is 5.73 Å². The number of hydrogen-bond donors (Lipinski definition) is 1. The molecular formula is C14H17N3S. The Bertz CT molecular complexity index is 558. The Labute approximate surface area is 113 Å². The maximum atomic E-state index is 5.62. The fraction of sp³-hybridized carbons (Fsp3) is 0.286. The highest BCUT2D eigenvalue weighted by atomic mass is 32.1. The summed E-state index contributed by atoms with van der Waals surface area (Å²) in [6.45, 7) is 4.85. The number of aryl methyl sites for hydroxylation is 1. The standard InChI is InChI=1S/C14H17N3S/c1-10-13(8-14(15)18)11(2)17(16-10)9-12-6-4-3-5-7-12/h3-7H,8-9H2,1-2H3,(H2,15,18). The average molecular weight is 259 g/mol. The summed E-state index contributed by atoms with van der Waals surface area (Å²) in [5.41, 5.74) is 10.2. The smallest absolute Gasteiger partial charge is 0.0773 e. The molecule has 0 fully saturated rings. The van der Waals surface area contributed by atoms with E-state index in [9.17, 15) is 0 Å². The molecule has 0 bridgehead atoms. The van der Waals surface area contributed by atoms with Crippen LogP contribution in [-0.2, 0) is 13.0 Å². The third kappa shape index (κ3) is 2.76. The van der Waals surface area contributed by atoms with Crippen LogP contribution < -0.4 is 5.73 Å². The first-order chi connectivity index (χ1) is 8.58. The van der Waals surface area contributed by atoms with Crippen molar-refractivity contribution < 1.29 is 0 Å². The number of hydrogen-bond acceptors (Lipinski definition) is 2. The minimum absolute atomic E-state index is 0.514. The predicted molar refractivity (Wildman–Crippen MR) is 77.7 cm³/mol. The molecule has 1 heterocycles. The number of nitrogens with zero attached hydrogens (tertiary/aromatic N) is 2. The number of benzene rings is 1. The van der Waals surface area contributed by atoms with Crippen LogP contribution in [0.1, 0.15) is 22.5 Å². The summed E-state index contributed by atoms with van der Waals surface area (Å²) < 4.78 is 2.01. The molecule has 0 aliphatic carbocycles. The second-order valence-corrected chi connectivity index (χ2v) is 4.96. The Hall–Kier alpha value is -1.68. The van der Waals surface area contributed by atoms with E-state index in [1.807, 2.05) is 29.8 Å². The number of thiocarbonyl (C=S) groups is 1. The zero-order valence-electron chi connectivity index (χ0n) is 10.7. The van der Waals surface area contributed by atoms with Gasteiger partial charge in [0.1, 0.15) is 0 Å². The van der Waals surface area contributed by atoms with Gasteiger partial charge in [-0.25, -0.2) is 0 Å². The monoisotopic (exact) mass is 259 g/mol. The lowest BCUT2D eigenvalue weighted by molar-refractivity contribution is 0.658. The molecule has 0 aliphatic rings. The molecule has 3 nitrogen and oxygen atoms in total. The van der Waals surface area contributed by atoms with Crippen molar-refractivity contribution in [2.24, 2.45) is 5.73 Å². The van der Waals surface area contributed by atoms with Crippen LogP contribution in [0.5, 0.6) is 0 Å². The number of rotatable bonds is 4. The lowest BCUT2D eigenvalue weighted by Gasteiger charge is -2.05. The zero-order valence-corrected chi connectivity index (χ0v) is 11.5. The van der Waals surface area contributed by atoms with E-state index >= 15 is 0 Å². The van der Waals surface area contributed by atoms with Crippen molar-refractivity contribution in [3.8, 4) is 0 Å². The van der Waals surface area contributed by atoms with Gasteiger partial charge in [0.25, 0.3) is 0 Å². The summed E-state index contributed by atoms with van der Waals surface area (Å²) >= 11 is 4.98. The van der Waals surface area contributed by atoms with Gasteiger partial charge in [-0.2, -0.15) is 5.10 Å². The Balaban J connectivity index is 2.27. The summed E-state index contributed by atoms with van der Waals surface area (Å²) in [5, 5.41) is 4.56. The molecule has 94 valence electrons. The van der Waals surface area contributed by atoms with Crippen molar-refractivity contribution >= 4 is 17.2 Å². The van der Waals surface area contributed by atoms with Crippen LogP contribution in [0, 0.1) is 13.8 Å². The molecular weight excluding hydrogens is 242 g/mol. The first kappa shape index (κ1) is 12.8. The first-order valence-electron chi connectivity index (χ1n) is 5.93. The Morgan fingerprint density at radius 1 is 1.28 bits per heavy atom. The van der Waals surface area contributed by atoms with Crippen molar-refractivity contribution in [3.63, 3.8) is 0 Å². The minimum Gasteiger partial charge on any atom is -0.393 e. The molecule has 2 aromatic rings. The summed E-state index contributed by atoms with van der Waals surface area (Å²) in [7, 11) is 0. The van der Waals surface area contributed by atoms with Crippen molar-refractivity contribution in [1.29, 1.82) is 0 Å². The molecule has 1 aromatic heterocycles. The fourth-order valence-electron chi connectivity index (χ4n) is 2.07. The topological polar surface area (TPSA) is 43.8 Å². The van der Waals surface area contributed by atoms with Gasteiger partial charge in [0.05, 0.1) is 17.2 Å². The molecule has 0 atom stereocenters. The molecule has 0 saturated heterocycles. The molecule has 0 unspecified atom stereocenters. The molecule has 0 radical (unpaired) electrons. The number of nitrogens with two attached hydrogens (primary N) is 1. The van der Waals surface area contributed by atoms with Crippen LogP contribution in [-0.4, -0.2) is 14.8 Å². The largest absolute Gasteiger partial charge is 0.393 e. The molecule has 0 amide bonds. The average Bonchev–Trinajstić information content (AvgIpc) is 2.58. The van der Waals surface area contributed by atoms with Crippen LogP contribution in [0.25, 0.3) is 0 Å². The Morgan fingerprint density at radius 3 is 2.56 bits per heavy atom. The van der Waals surface area contributed by atoms with E-state index in [0.717, 1.165) is 23.5 Å². The van der Waals surface area contributed by atoms with E-state index in [0.29, 0.717) is 11.4 Å². The van der Waals surface area contributed by atoms with Crippen LogP contribution >= 0.6 is 12.2 Å². The van der Waals surface area contributed by atoms with Gasteiger partial charge in [0, 0.05) is 17.7 Å². The minimum atomic E-state index is 0.514. The second kappa shape index (κ2) is 5.31. The molecule has 2 rings (SSSR count). The summed E-state index contributed by atoms with van der Waals surface area (Å²) in [6, 6.07) is 10.3. The summed E-state index contributed by atoms with van der Waals surface area (Å²) in [4.78, 5) is 0.514. The van der Waals surface area contributed by atoms with Gasteiger partial charge >= 0.3 is 0 Å². The molecule has 0 spiro atoms. The lowest BCUT2D eigenvalue weighted by Crippen LogP contribution is -2.12. The maximum absolute atomic E-state index is 5.62. The van der Waals surface area contributed by atoms with Crippen LogP contribution in [0.2, 0.25) is 0 Å². The van der Waals surface area contributed by atoms with Gasteiger partial charge in [-0.15, -0.1) is 0 Å². The van der Waals surface area contributed by atoms with E-state index in [1.54, 1.807) is 0 Å². The van der Waals surface area contributed by atoms with E-state index in [2.05, 4.69) is 24.2 Å². The fourth-order valence-corrected chi connectivity index (χ4v) is 2.22. The van der Waals surface area contributed by atoms with E-state index < -0.39 is 0 Å². The lowest BCUT2D eigenvalue weighted by atomic mass is 10.1. The second-order valence-electron chi connectivity index (χ2n) is 4.44. The van der Waals surface area contributed by atoms with Crippen LogP contribution in [0.4, 0.5) is 0 Å². The Morgan fingerprint density at radius 2 is 1.94 bits per heavy atom. The van der Waals surface area contributed by atoms with Gasteiger partial charge in [-0.1, -0.05) is 42.5 Å². The van der Waals surface area contributed by atoms with Gasteiger partial charge in [0.2, 0.25) is 0 Å². The first-order valence-corrected chi connectivity index (χ1v) is 6.34. The van der Waals surface area contributed by atoms with Crippen molar-refractivity contribution in [1.82, 2.24) is 9.78 Å². The van der Waals surface area contributed by atoms with Crippen LogP contribution in [0.15, 0.2) is 30.3 Å². The van der Waals surface area contributed by atoms with Gasteiger partial charge in [0.15, 0.2) is 0 Å². The molecule has 1 aromatic carbocycles. The third-order valence-electron chi connectivity index (χ3n) is 3.06. The zero-order chi connectivity index (χ0) is 13.1. The van der Waals surface area contributed by atoms with Crippen LogP contribution in [0.3, 0.4) is 0 Å². The SMILES string of the molecule is Cc1nn(Cc2ccccc2)c(C)c1CC(N)=S. The highest BCUT2D eigenvalue weighted by Crippen LogP contribution is 2.15. The van der Waals surface area contributed by atoms with Gasteiger partial charge in [-0.3, -0.25) is 4.68 Å². The summed E-state index contributed by atoms with van der Waals surface area (Å²) in [6.07, 6.45) is 0.627. The highest BCUT2D eigenvalue weighted by Gasteiger charge is 2.12. The molecule has 18 heavy (non-hydrogen) atoms. The number of aromatic nitrogens is 2. The Kier molecular flexibility index (Phi) is 3.77. The molecule has 4 heteroatoms. The van der Waals surface area contributed by atoms with E-state index in [1.165, 1.54) is 5.56 Å². The highest BCUT2D eigenvalue weighted by molar-refractivity contribution is 7.80. The van der Waals surface area contributed by atoms with Gasteiger partial charge in [-0.05, 0) is 19.4 Å². The summed E-state index contributed by atoms with van der Waals surface area (Å²) in [5.74, 6) is 0. The van der Waals surface area contributed by atoms with Crippen molar-refractivity contribution in [2.45, 2.75) is 26.8 Å².